The molecule has 4 nitrogen and oxygen atoms in total. The van der Waals surface area contributed by atoms with Gasteiger partial charge in [-0.25, -0.2) is 9.78 Å². The van der Waals surface area contributed by atoms with Gasteiger partial charge in [0.2, 0.25) is 0 Å². The number of phenols is 1. The number of benzene rings is 2. The second-order valence-corrected chi connectivity index (χ2v) is 5.65. The predicted octanol–water partition coefficient (Wildman–Crippen LogP) is 4.06. The molecule has 118 valence electrons. The maximum Gasteiger partial charge on any atom is 0.341 e. The molecule has 0 unspecified atom stereocenters. The van der Waals surface area contributed by atoms with E-state index in [2.05, 4.69) is 0 Å². The first-order valence-electron chi connectivity index (χ1n) is 7.63. The lowest BCUT2D eigenvalue weighted by molar-refractivity contribution is 0.0597. The Hall–Kier alpha value is -2.62. The highest BCUT2D eigenvalue weighted by atomic mass is 16.5. The summed E-state index contributed by atoms with van der Waals surface area (Å²) in [7, 11) is 1.32. The summed E-state index contributed by atoms with van der Waals surface area (Å²) in [4.78, 5) is 16.8. The maximum absolute atomic E-state index is 12.1. The molecular formula is C19H19NO3. The average Bonchev–Trinajstić information content (AvgIpc) is 2.57. The van der Waals surface area contributed by atoms with Gasteiger partial charge in [-0.05, 0) is 43.0 Å². The van der Waals surface area contributed by atoms with E-state index in [1.165, 1.54) is 7.11 Å². The maximum atomic E-state index is 12.1. The van der Waals surface area contributed by atoms with Crippen LogP contribution in [-0.4, -0.2) is 23.2 Å². The number of hydrogen-bond acceptors (Lipinski definition) is 4. The van der Waals surface area contributed by atoms with Gasteiger partial charge in [-0.3, -0.25) is 0 Å². The van der Waals surface area contributed by atoms with Crippen molar-refractivity contribution < 1.29 is 14.6 Å². The summed E-state index contributed by atoms with van der Waals surface area (Å²) in [6.07, 6.45) is 0.732. The lowest BCUT2D eigenvalue weighted by atomic mass is 9.92. The van der Waals surface area contributed by atoms with Crippen molar-refractivity contribution in [2.24, 2.45) is 0 Å². The summed E-state index contributed by atoms with van der Waals surface area (Å²) < 4.78 is 4.84. The second-order valence-electron chi connectivity index (χ2n) is 5.65. The first-order valence-corrected chi connectivity index (χ1v) is 7.63. The number of aromatic nitrogens is 1. The molecule has 0 saturated carbocycles. The van der Waals surface area contributed by atoms with Gasteiger partial charge in [-0.1, -0.05) is 25.1 Å². The average molecular weight is 309 g/mol. The molecule has 0 spiro atoms. The molecule has 2 aromatic carbocycles. The number of rotatable bonds is 2. The van der Waals surface area contributed by atoms with E-state index in [0.717, 1.165) is 34.0 Å². The SMILES string of the molecule is CCc1c2ccccc2nc2c(C)c(C)c(C(=O)OC)c(O)c12. The van der Waals surface area contributed by atoms with Gasteiger partial charge in [0.05, 0.1) is 18.1 Å². The van der Waals surface area contributed by atoms with Crippen LogP contribution in [0.3, 0.4) is 0 Å². The highest BCUT2D eigenvalue weighted by Crippen LogP contribution is 2.39. The lowest BCUT2D eigenvalue weighted by Crippen LogP contribution is -2.08. The van der Waals surface area contributed by atoms with Crippen LogP contribution in [0.25, 0.3) is 21.8 Å². The van der Waals surface area contributed by atoms with Crippen molar-refractivity contribution >= 4 is 27.8 Å². The summed E-state index contributed by atoms with van der Waals surface area (Å²) in [6.45, 7) is 5.77. The van der Waals surface area contributed by atoms with E-state index in [1.54, 1.807) is 0 Å². The van der Waals surface area contributed by atoms with E-state index in [1.807, 2.05) is 45.0 Å². The summed E-state index contributed by atoms with van der Waals surface area (Å²) in [5, 5.41) is 12.4. The molecule has 0 saturated heterocycles. The molecule has 0 aliphatic rings. The molecule has 3 aromatic rings. The van der Waals surface area contributed by atoms with Crippen molar-refractivity contribution in [3.63, 3.8) is 0 Å². The molecule has 4 heteroatoms. The fourth-order valence-corrected chi connectivity index (χ4v) is 3.19. The number of aromatic hydroxyl groups is 1. The van der Waals surface area contributed by atoms with E-state index in [-0.39, 0.29) is 11.3 Å². The van der Waals surface area contributed by atoms with Gasteiger partial charge >= 0.3 is 5.97 Å². The summed E-state index contributed by atoms with van der Waals surface area (Å²) in [5.41, 5.74) is 4.44. The highest BCUT2D eigenvalue weighted by Gasteiger charge is 2.23. The normalized spacial score (nSPS) is 11.1. The minimum Gasteiger partial charge on any atom is -0.506 e. The van der Waals surface area contributed by atoms with Gasteiger partial charge in [-0.15, -0.1) is 0 Å². The zero-order chi connectivity index (χ0) is 16.7. The predicted molar refractivity (Wildman–Crippen MR) is 91.1 cm³/mol. The van der Waals surface area contributed by atoms with Crippen LogP contribution in [-0.2, 0) is 11.2 Å². The smallest absolute Gasteiger partial charge is 0.341 e. The standard InChI is InChI=1S/C19H19NO3/c1-5-12-13-8-6-7-9-14(13)20-17-11(3)10(2)15(19(22)23-4)18(21)16(12)17/h6-9,21H,5H2,1-4H3. The number of esters is 1. The van der Waals surface area contributed by atoms with Crippen LogP contribution in [0.2, 0.25) is 0 Å². The Morgan fingerprint density at radius 1 is 1.22 bits per heavy atom. The third kappa shape index (κ3) is 2.13. The Labute approximate surface area is 134 Å². The van der Waals surface area contributed by atoms with E-state index in [9.17, 15) is 9.90 Å². The highest BCUT2D eigenvalue weighted by molar-refractivity contribution is 6.08. The van der Waals surface area contributed by atoms with Gasteiger partial charge in [0.15, 0.2) is 0 Å². The van der Waals surface area contributed by atoms with Gasteiger partial charge in [0.1, 0.15) is 11.3 Å². The van der Waals surface area contributed by atoms with Crippen molar-refractivity contribution in [2.75, 3.05) is 7.11 Å². The minimum atomic E-state index is -0.528. The monoisotopic (exact) mass is 309 g/mol. The molecule has 0 aliphatic carbocycles. The van der Waals surface area contributed by atoms with Gasteiger partial charge in [0, 0.05) is 10.8 Å². The van der Waals surface area contributed by atoms with Crippen LogP contribution in [0.5, 0.6) is 5.75 Å². The first kappa shape index (κ1) is 15.3. The van der Waals surface area contributed by atoms with Crippen LogP contribution in [0.1, 0.15) is 34.0 Å². The first-order chi connectivity index (χ1) is 11.0. The summed E-state index contributed by atoms with van der Waals surface area (Å²) in [5.74, 6) is -0.565. The Balaban J connectivity index is 2.59. The molecule has 0 bridgehead atoms. The second kappa shape index (κ2) is 5.54. The minimum absolute atomic E-state index is 0.0370. The van der Waals surface area contributed by atoms with Crippen LogP contribution >= 0.6 is 0 Å². The van der Waals surface area contributed by atoms with Crippen LogP contribution in [0, 0.1) is 13.8 Å². The third-order valence-corrected chi connectivity index (χ3v) is 4.51. The van der Waals surface area contributed by atoms with Crippen molar-refractivity contribution in [2.45, 2.75) is 27.2 Å². The number of aryl methyl sites for hydroxylation is 2. The van der Waals surface area contributed by atoms with Crippen LogP contribution < -0.4 is 0 Å². The zero-order valence-electron chi connectivity index (χ0n) is 13.7. The van der Waals surface area contributed by atoms with Gasteiger partial charge in [-0.2, -0.15) is 0 Å². The third-order valence-electron chi connectivity index (χ3n) is 4.51. The molecule has 0 amide bonds. The molecule has 0 atom stereocenters. The molecule has 3 rings (SSSR count). The number of nitrogens with zero attached hydrogens (tertiary/aromatic N) is 1. The van der Waals surface area contributed by atoms with E-state index >= 15 is 0 Å². The molecule has 1 heterocycles. The summed E-state index contributed by atoms with van der Waals surface area (Å²) >= 11 is 0. The van der Waals surface area contributed by atoms with Crippen molar-refractivity contribution in [3.05, 3.63) is 46.5 Å². The molecule has 0 radical (unpaired) electrons. The number of para-hydroxylation sites is 1. The number of carbonyl (C=O) groups excluding carboxylic acids is 1. The van der Waals surface area contributed by atoms with E-state index in [0.29, 0.717) is 10.9 Å². The van der Waals surface area contributed by atoms with E-state index < -0.39 is 5.97 Å². The van der Waals surface area contributed by atoms with Gasteiger partial charge < -0.3 is 9.84 Å². The fraction of sp³-hybridized carbons (Fsp3) is 0.263. The number of hydrogen-bond donors (Lipinski definition) is 1. The largest absolute Gasteiger partial charge is 0.506 e. The van der Waals surface area contributed by atoms with Crippen LogP contribution in [0.15, 0.2) is 24.3 Å². The number of carbonyl (C=O) groups is 1. The number of phenolic OH excluding ortho intramolecular Hbond substituents is 1. The number of pyridine rings is 1. The molecule has 1 N–H and O–H groups in total. The number of methoxy groups -OCH3 is 1. The van der Waals surface area contributed by atoms with Crippen molar-refractivity contribution in [1.82, 2.24) is 4.98 Å². The zero-order valence-corrected chi connectivity index (χ0v) is 13.7. The molecular weight excluding hydrogens is 290 g/mol. The van der Waals surface area contributed by atoms with E-state index in [4.69, 9.17) is 9.72 Å². The molecule has 0 aliphatic heterocycles. The Bertz CT molecular complexity index is 945. The summed E-state index contributed by atoms with van der Waals surface area (Å²) in [6, 6.07) is 7.86. The van der Waals surface area contributed by atoms with Gasteiger partial charge in [0.25, 0.3) is 0 Å². The Kier molecular flexibility index (Phi) is 3.68. The van der Waals surface area contributed by atoms with Crippen molar-refractivity contribution in [1.29, 1.82) is 0 Å². The Morgan fingerprint density at radius 2 is 1.91 bits per heavy atom. The lowest BCUT2D eigenvalue weighted by Gasteiger charge is -2.17. The molecule has 1 aromatic heterocycles. The topological polar surface area (TPSA) is 59.4 Å². The molecule has 23 heavy (non-hydrogen) atoms. The van der Waals surface area contributed by atoms with Crippen molar-refractivity contribution in [3.8, 4) is 5.75 Å². The number of ether oxygens (including phenoxy) is 1. The van der Waals surface area contributed by atoms with Crippen LogP contribution in [0.4, 0.5) is 0 Å². The quantitative estimate of drug-likeness (QED) is 0.573. The Morgan fingerprint density at radius 3 is 2.57 bits per heavy atom. The molecule has 0 fully saturated rings. The number of fused-ring (bicyclic) bond motifs is 2. The fourth-order valence-electron chi connectivity index (χ4n) is 3.19.